The molecule has 0 aliphatic heterocycles. The van der Waals surface area contributed by atoms with Crippen LogP contribution in [0.4, 0.5) is 0 Å². The van der Waals surface area contributed by atoms with Crippen molar-refractivity contribution in [1.82, 2.24) is 0 Å². The zero-order valence-electron chi connectivity index (χ0n) is 16.8. The molecule has 1 spiro atoms. The Hall–Kier alpha value is -2.48. The summed E-state index contributed by atoms with van der Waals surface area (Å²) in [4.78, 5) is 0. The van der Waals surface area contributed by atoms with Crippen LogP contribution in [0.1, 0.15) is 43.2 Å². The number of rotatable bonds is 1. The van der Waals surface area contributed by atoms with Gasteiger partial charge in [-0.2, -0.15) is 0 Å². The second-order valence-electron chi connectivity index (χ2n) is 9.95. The van der Waals surface area contributed by atoms with Crippen molar-refractivity contribution in [2.75, 3.05) is 7.11 Å². The van der Waals surface area contributed by atoms with Crippen LogP contribution in [-0.2, 0) is 5.41 Å². The standard InChI is InChI=1S/C27H26O2/c1-29-19-6-7-20-22(13-19)25(28)14-24-26(20)21-4-2-3-5-23(21)27(24)17-9-15-8-16(11-17)12-18(27)10-15/h2-7,13-18,28H,8-12H2,1H3. The lowest BCUT2D eigenvalue weighted by Crippen LogP contribution is -2.55. The highest BCUT2D eigenvalue weighted by molar-refractivity contribution is 6.05. The van der Waals surface area contributed by atoms with E-state index in [9.17, 15) is 5.11 Å². The van der Waals surface area contributed by atoms with Gasteiger partial charge >= 0.3 is 0 Å². The molecule has 8 rings (SSSR count). The Morgan fingerprint density at radius 1 is 0.828 bits per heavy atom. The maximum absolute atomic E-state index is 11.1. The van der Waals surface area contributed by atoms with Crippen LogP contribution in [0, 0.1) is 23.7 Å². The number of ether oxygens (including phenoxy) is 1. The zero-order valence-corrected chi connectivity index (χ0v) is 16.8. The smallest absolute Gasteiger partial charge is 0.123 e. The molecule has 0 saturated heterocycles. The van der Waals surface area contributed by atoms with Crippen molar-refractivity contribution in [1.29, 1.82) is 0 Å². The molecule has 3 aromatic carbocycles. The molecule has 0 atom stereocenters. The lowest BCUT2D eigenvalue weighted by atomic mass is 9.43. The first-order valence-electron chi connectivity index (χ1n) is 11.1. The first-order valence-corrected chi connectivity index (χ1v) is 11.1. The Morgan fingerprint density at radius 2 is 1.55 bits per heavy atom. The fourth-order valence-corrected chi connectivity index (χ4v) is 8.14. The molecule has 2 nitrogen and oxygen atoms in total. The third-order valence-electron chi connectivity index (χ3n) is 8.84. The number of hydrogen-bond acceptors (Lipinski definition) is 2. The quantitative estimate of drug-likeness (QED) is 0.537. The minimum Gasteiger partial charge on any atom is -0.507 e. The third kappa shape index (κ3) is 1.84. The van der Waals surface area contributed by atoms with Crippen molar-refractivity contribution < 1.29 is 9.84 Å². The summed E-state index contributed by atoms with van der Waals surface area (Å²) in [5.41, 5.74) is 5.80. The Morgan fingerprint density at radius 3 is 2.28 bits per heavy atom. The molecule has 5 aliphatic rings. The molecule has 1 N–H and O–H groups in total. The highest BCUT2D eigenvalue weighted by Crippen LogP contribution is 2.70. The van der Waals surface area contributed by atoms with Gasteiger partial charge in [0.25, 0.3) is 0 Å². The van der Waals surface area contributed by atoms with Crippen molar-refractivity contribution in [3.05, 3.63) is 59.7 Å². The van der Waals surface area contributed by atoms with Gasteiger partial charge in [-0.25, -0.2) is 0 Å². The van der Waals surface area contributed by atoms with Crippen LogP contribution in [0.3, 0.4) is 0 Å². The number of phenolic OH excluding ortho intramolecular Hbond substituents is 1. The predicted molar refractivity (Wildman–Crippen MR) is 115 cm³/mol. The summed E-state index contributed by atoms with van der Waals surface area (Å²) in [5, 5.41) is 13.2. The fraction of sp³-hybridized carbons (Fsp3) is 0.407. The summed E-state index contributed by atoms with van der Waals surface area (Å²) in [6.45, 7) is 0. The van der Waals surface area contributed by atoms with Crippen LogP contribution < -0.4 is 4.74 Å². The highest BCUT2D eigenvalue weighted by Gasteiger charge is 2.61. The lowest BCUT2D eigenvalue weighted by Gasteiger charge is -2.61. The molecular formula is C27H26O2. The van der Waals surface area contributed by atoms with Crippen molar-refractivity contribution in [2.45, 2.75) is 37.5 Å². The van der Waals surface area contributed by atoms with E-state index in [1.54, 1.807) is 7.11 Å². The summed E-state index contributed by atoms with van der Waals surface area (Å²) in [6, 6.07) is 17.4. The summed E-state index contributed by atoms with van der Waals surface area (Å²) in [5.74, 6) is 4.49. The van der Waals surface area contributed by atoms with Crippen LogP contribution in [-0.4, -0.2) is 12.2 Å². The molecule has 0 radical (unpaired) electrons. The molecule has 3 aromatic rings. The molecule has 146 valence electrons. The van der Waals surface area contributed by atoms with Crippen molar-refractivity contribution >= 4 is 10.8 Å². The maximum Gasteiger partial charge on any atom is 0.123 e. The molecular weight excluding hydrogens is 356 g/mol. The average Bonchev–Trinajstić information content (AvgIpc) is 3.02. The molecule has 4 fully saturated rings. The Balaban J connectivity index is 1.59. The lowest BCUT2D eigenvalue weighted by molar-refractivity contribution is -0.0399. The SMILES string of the molecule is COc1ccc2c3c(cc(O)c2c1)C1(c2ccccc2-3)C2CC3CC(C2)CC1C3. The Labute approximate surface area is 171 Å². The van der Waals surface area contributed by atoms with Gasteiger partial charge in [-0.3, -0.25) is 0 Å². The van der Waals surface area contributed by atoms with Crippen LogP contribution in [0.15, 0.2) is 48.5 Å². The van der Waals surface area contributed by atoms with Gasteiger partial charge in [0.2, 0.25) is 0 Å². The van der Waals surface area contributed by atoms with E-state index in [0.29, 0.717) is 5.75 Å². The van der Waals surface area contributed by atoms with E-state index in [1.165, 1.54) is 59.7 Å². The van der Waals surface area contributed by atoms with Crippen molar-refractivity contribution in [3.63, 3.8) is 0 Å². The minimum absolute atomic E-state index is 0.102. The van der Waals surface area contributed by atoms with E-state index < -0.39 is 0 Å². The maximum atomic E-state index is 11.1. The van der Waals surface area contributed by atoms with E-state index in [-0.39, 0.29) is 5.41 Å². The summed E-state index contributed by atoms with van der Waals surface area (Å²) in [6.07, 6.45) is 6.91. The second kappa shape index (κ2) is 5.36. The fourth-order valence-electron chi connectivity index (χ4n) is 8.14. The highest BCUT2D eigenvalue weighted by atomic mass is 16.5. The summed E-state index contributed by atoms with van der Waals surface area (Å²) in [7, 11) is 1.68. The van der Waals surface area contributed by atoms with Gasteiger partial charge in [-0.15, -0.1) is 0 Å². The van der Waals surface area contributed by atoms with Gasteiger partial charge in [-0.1, -0.05) is 24.3 Å². The van der Waals surface area contributed by atoms with E-state index >= 15 is 0 Å². The molecule has 4 saturated carbocycles. The van der Waals surface area contributed by atoms with Gasteiger partial charge in [0.1, 0.15) is 11.5 Å². The molecule has 4 bridgehead atoms. The van der Waals surface area contributed by atoms with Crippen LogP contribution in [0.25, 0.3) is 21.9 Å². The van der Waals surface area contributed by atoms with Gasteiger partial charge in [0, 0.05) is 10.8 Å². The molecule has 2 heteroatoms. The van der Waals surface area contributed by atoms with E-state index in [4.69, 9.17) is 4.74 Å². The van der Waals surface area contributed by atoms with Crippen LogP contribution in [0.5, 0.6) is 11.5 Å². The largest absolute Gasteiger partial charge is 0.507 e. The van der Waals surface area contributed by atoms with E-state index in [0.717, 1.165) is 34.8 Å². The first kappa shape index (κ1) is 16.3. The number of aromatic hydroxyl groups is 1. The molecule has 0 heterocycles. The van der Waals surface area contributed by atoms with E-state index in [2.05, 4.69) is 36.4 Å². The number of benzene rings is 3. The minimum atomic E-state index is 0.102. The normalized spacial score (nSPS) is 33.3. The Kier molecular flexibility index (Phi) is 3.02. The van der Waals surface area contributed by atoms with Gasteiger partial charge in [0.15, 0.2) is 0 Å². The summed E-state index contributed by atoms with van der Waals surface area (Å²) >= 11 is 0. The summed E-state index contributed by atoms with van der Waals surface area (Å²) < 4.78 is 5.44. The van der Waals surface area contributed by atoms with Crippen molar-refractivity contribution in [3.8, 4) is 22.6 Å². The molecule has 29 heavy (non-hydrogen) atoms. The molecule has 0 aromatic heterocycles. The third-order valence-corrected chi connectivity index (χ3v) is 8.84. The number of methoxy groups -OCH3 is 1. The number of phenols is 1. The monoisotopic (exact) mass is 382 g/mol. The zero-order chi connectivity index (χ0) is 19.3. The predicted octanol–water partition coefficient (Wildman–Crippen LogP) is 6.28. The average molecular weight is 383 g/mol. The molecule has 0 amide bonds. The van der Waals surface area contributed by atoms with Crippen LogP contribution in [0.2, 0.25) is 0 Å². The first-order chi connectivity index (χ1) is 14.2. The van der Waals surface area contributed by atoms with Crippen molar-refractivity contribution in [2.24, 2.45) is 23.7 Å². The topological polar surface area (TPSA) is 29.5 Å². The number of hydrogen-bond donors (Lipinski definition) is 1. The number of fused-ring (bicyclic) bond motifs is 5. The van der Waals surface area contributed by atoms with Gasteiger partial charge in [-0.05, 0) is 108 Å². The van der Waals surface area contributed by atoms with Gasteiger partial charge in [0.05, 0.1) is 7.11 Å². The Bertz CT molecular complexity index is 1150. The van der Waals surface area contributed by atoms with E-state index in [1.807, 2.05) is 12.1 Å². The van der Waals surface area contributed by atoms with Crippen LogP contribution >= 0.6 is 0 Å². The van der Waals surface area contributed by atoms with Gasteiger partial charge < -0.3 is 9.84 Å². The molecule has 5 aliphatic carbocycles. The molecule has 0 unspecified atom stereocenters. The second-order valence-corrected chi connectivity index (χ2v) is 9.95.